The quantitative estimate of drug-likeness (QED) is 0.528. The SMILES string of the molecule is C=C(C(=O)O)[C@H]1[C@H](O)/C=C(\C)CC/C=C(\C)C[C@H]1O. The summed E-state index contributed by atoms with van der Waals surface area (Å²) in [6.07, 6.45) is 3.71. The minimum Gasteiger partial charge on any atom is -0.478 e. The lowest BCUT2D eigenvalue weighted by Crippen LogP contribution is -2.35. The molecule has 0 aromatic heterocycles. The first-order valence-corrected chi connectivity index (χ1v) is 6.44. The largest absolute Gasteiger partial charge is 0.478 e. The standard InChI is InChI=1S/C15H22O4/c1-9-5-4-6-10(2)8-13(17)14(12(16)7-9)11(3)15(18)19/h5,8,12-14,16-17H,3-4,6-7H2,1-2H3,(H,18,19)/b9-5+,10-8+/t12-,13-,14-/m1/s1. The van der Waals surface area contributed by atoms with E-state index >= 15 is 0 Å². The van der Waals surface area contributed by atoms with Gasteiger partial charge in [-0.15, -0.1) is 0 Å². The van der Waals surface area contributed by atoms with E-state index in [9.17, 15) is 15.0 Å². The van der Waals surface area contributed by atoms with Crippen molar-refractivity contribution in [3.8, 4) is 0 Å². The molecule has 0 bridgehead atoms. The van der Waals surface area contributed by atoms with E-state index in [0.29, 0.717) is 6.42 Å². The van der Waals surface area contributed by atoms with E-state index in [2.05, 4.69) is 6.58 Å². The van der Waals surface area contributed by atoms with Gasteiger partial charge < -0.3 is 15.3 Å². The van der Waals surface area contributed by atoms with Gasteiger partial charge in [-0.1, -0.05) is 29.9 Å². The molecule has 3 N–H and O–H groups in total. The average Bonchev–Trinajstić information content (AvgIpc) is 2.27. The minimum atomic E-state index is -1.19. The minimum absolute atomic E-state index is 0.155. The third kappa shape index (κ3) is 4.33. The number of carbonyl (C=O) groups is 1. The molecule has 4 heteroatoms. The lowest BCUT2D eigenvalue weighted by atomic mass is 9.84. The van der Waals surface area contributed by atoms with Crippen LogP contribution in [0.15, 0.2) is 35.5 Å². The van der Waals surface area contributed by atoms with Gasteiger partial charge in [-0.3, -0.25) is 0 Å². The van der Waals surface area contributed by atoms with E-state index in [0.717, 1.165) is 24.0 Å². The number of aliphatic hydroxyl groups excluding tert-OH is 2. The molecule has 0 aliphatic heterocycles. The van der Waals surface area contributed by atoms with Crippen molar-refractivity contribution in [2.24, 2.45) is 5.92 Å². The van der Waals surface area contributed by atoms with E-state index in [4.69, 9.17) is 5.11 Å². The normalized spacial score (nSPS) is 34.6. The molecule has 0 saturated carbocycles. The average molecular weight is 266 g/mol. The van der Waals surface area contributed by atoms with Crippen LogP contribution in [0.3, 0.4) is 0 Å². The molecule has 0 heterocycles. The number of hydrogen-bond acceptors (Lipinski definition) is 3. The van der Waals surface area contributed by atoms with Crippen molar-refractivity contribution in [3.05, 3.63) is 35.5 Å². The smallest absolute Gasteiger partial charge is 0.331 e. The van der Waals surface area contributed by atoms with Gasteiger partial charge in [-0.25, -0.2) is 4.79 Å². The zero-order chi connectivity index (χ0) is 14.6. The molecule has 3 atom stereocenters. The first-order valence-electron chi connectivity index (χ1n) is 6.44. The van der Waals surface area contributed by atoms with Gasteiger partial charge in [0.2, 0.25) is 0 Å². The Morgan fingerprint density at radius 1 is 1.32 bits per heavy atom. The second-order valence-corrected chi connectivity index (χ2v) is 5.22. The van der Waals surface area contributed by atoms with Gasteiger partial charge in [0.15, 0.2) is 0 Å². The van der Waals surface area contributed by atoms with Gasteiger partial charge in [-0.05, 0) is 33.1 Å². The first kappa shape index (κ1) is 15.7. The van der Waals surface area contributed by atoms with Crippen molar-refractivity contribution in [2.45, 2.75) is 45.3 Å². The lowest BCUT2D eigenvalue weighted by molar-refractivity contribution is -0.134. The summed E-state index contributed by atoms with van der Waals surface area (Å²) in [6, 6.07) is 0. The van der Waals surface area contributed by atoms with E-state index in [1.54, 1.807) is 6.08 Å². The van der Waals surface area contributed by atoms with E-state index in [1.165, 1.54) is 0 Å². The van der Waals surface area contributed by atoms with Crippen molar-refractivity contribution in [1.29, 1.82) is 0 Å². The number of aliphatic hydroxyl groups is 2. The topological polar surface area (TPSA) is 77.8 Å². The van der Waals surface area contributed by atoms with Crippen LogP contribution in [-0.2, 0) is 4.79 Å². The summed E-state index contributed by atoms with van der Waals surface area (Å²) < 4.78 is 0. The predicted octanol–water partition coefficient (Wildman–Crippen LogP) is 2.04. The molecule has 4 nitrogen and oxygen atoms in total. The first-order chi connectivity index (χ1) is 8.82. The van der Waals surface area contributed by atoms with Crippen LogP contribution in [0.4, 0.5) is 0 Å². The maximum absolute atomic E-state index is 11.0. The van der Waals surface area contributed by atoms with E-state index in [1.807, 2.05) is 19.9 Å². The van der Waals surface area contributed by atoms with Crippen LogP contribution in [0.5, 0.6) is 0 Å². The monoisotopic (exact) mass is 266 g/mol. The van der Waals surface area contributed by atoms with Gasteiger partial charge in [0.1, 0.15) is 0 Å². The maximum atomic E-state index is 11.0. The van der Waals surface area contributed by atoms with Crippen LogP contribution < -0.4 is 0 Å². The van der Waals surface area contributed by atoms with Gasteiger partial charge in [-0.2, -0.15) is 0 Å². The molecule has 0 spiro atoms. The number of aliphatic carboxylic acids is 1. The molecule has 0 saturated heterocycles. The summed E-state index contributed by atoms with van der Waals surface area (Å²) >= 11 is 0. The molecule has 1 aliphatic carbocycles. The van der Waals surface area contributed by atoms with Crippen molar-refractivity contribution >= 4 is 5.97 Å². The molecule has 0 amide bonds. The molecule has 0 aromatic carbocycles. The molecular formula is C15H22O4. The Balaban J connectivity index is 3.09. The predicted molar refractivity (Wildman–Crippen MR) is 73.6 cm³/mol. The third-order valence-electron chi connectivity index (χ3n) is 3.48. The molecule has 106 valence electrons. The summed E-state index contributed by atoms with van der Waals surface area (Å²) in [6.45, 7) is 7.28. The molecule has 0 aromatic rings. The molecule has 19 heavy (non-hydrogen) atoms. The molecule has 0 fully saturated rings. The highest BCUT2D eigenvalue weighted by atomic mass is 16.4. The third-order valence-corrected chi connectivity index (χ3v) is 3.48. The van der Waals surface area contributed by atoms with Crippen LogP contribution in [0.1, 0.15) is 33.1 Å². The zero-order valence-electron chi connectivity index (χ0n) is 11.5. The highest BCUT2D eigenvalue weighted by molar-refractivity contribution is 5.86. The Morgan fingerprint density at radius 2 is 1.95 bits per heavy atom. The molecular weight excluding hydrogens is 244 g/mol. The molecule has 0 radical (unpaired) electrons. The van der Waals surface area contributed by atoms with Crippen LogP contribution in [0, 0.1) is 5.92 Å². The summed E-state index contributed by atoms with van der Waals surface area (Å²) in [7, 11) is 0. The Kier molecular flexibility index (Phi) is 5.51. The number of rotatable bonds is 2. The molecule has 0 unspecified atom stereocenters. The number of carboxylic acid groups (broad SMARTS) is 1. The Hall–Kier alpha value is -1.39. The van der Waals surface area contributed by atoms with Crippen molar-refractivity contribution in [2.75, 3.05) is 0 Å². The number of carboxylic acids is 1. The van der Waals surface area contributed by atoms with Crippen molar-refractivity contribution < 1.29 is 20.1 Å². The number of hydrogen-bond donors (Lipinski definition) is 3. The van der Waals surface area contributed by atoms with Gasteiger partial charge in [0.05, 0.1) is 12.2 Å². The second kappa shape index (κ2) is 6.68. The Bertz CT molecular complexity index is 420. The van der Waals surface area contributed by atoms with Crippen LogP contribution in [0.25, 0.3) is 0 Å². The van der Waals surface area contributed by atoms with E-state index < -0.39 is 24.1 Å². The fourth-order valence-electron chi connectivity index (χ4n) is 2.37. The van der Waals surface area contributed by atoms with Crippen molar-refractivity contribution in [1.82, 2.24) is 0 Å². The van der Waals surface area contributed by atoms with E-state index in [-0.39, 0.29) is 5.57 Å². The molecule has 1 rings (SSSR count). The van der Waals surface area contributed by atoms with Crippen LogP contribution >= 0.6 is 0 Å². The Labute approximate surface area is 113 Å². The molecule has 1 aliphatic rings. The highest BCUT2D eigenvalue weighted by Crippen LogP contribution is 2.27. The van der Waals surface area contributed by atoms with Crippen LogP contribution in [0.2, 0.25) is 0 Å². The Morgan fingerprint density at radius 3 is 2.53 bits per heavy atom. The second-order valence-electron chi connectivity index (χ2n) is 5.22. The van der Waals surface area contributed by atoms with Gasteiger partial charge in [0, 0.05) is 11.5 Å². The van der Waals surface area contributed by atoms with Crippen LogP contribution in [-0.4, -0.2) is 33.5 Å². The summed E-state index contributed by atoms with van der Waals surface area (Å²) in [5, 5.41) is 29.4. The van der Waals surface area contributed by atoms with Gasteiger partial charge in [0.25, 0.3) is 0 Å². The highest BCUT2D eigenvalue weighted by Gasteiger charge is 2.32. The number of allylic oxidation sites excluding steroid dienone is 2. The fourth-order valence-corrected chi connectivity index (χ4v) is 2.37. The summed E-state index contributed by atoms with van der Waals surface area (Å²) in [4.78, 5) is 11.0. The zero-order valence-corrected chi connectivity index (χ0v) is 11.5. The maximum Gasteiger partial charge on any atom is 0.331 e. The summed E-state index contributed by atoms with van der Waals surface area (Å²) in [5.74, 6) is -2.07. The van der Waals surface area contributed by atoms with Crippen molar-refractivity contribution in [3.63, 3.8) is 0 Å². The fraction of sp³-hybridized carbons (Fsp3) is 0.533. The van der Waals surface area contributed by atoms with Gasteiger partial charge >= 0.3 is 5.97 Å². The lowest BCUT2D eigenvalue weighted by Gasteiger charge is -2.27. The summed E-state index contributed by atoms with van der Waals surface area (Å²) in [5.41, 5.74) is 1.82.